The maximum atomic E-state index is 13.6. The number of carbonyl (C=O) groups is 2. The van der Waals surface area contributed by atoms with Crippen molar-refractivity contribution in [3.8, 4) is 6.07 Å². The number of rotatable bonds is 4. The van der Waals surface area contributed by atoms with Crippen molar-refractivity contribution < 1.29 is 18.7 Å². The van der Waals surface area contributed by atoms with E-state index in [1.165, 1.54) is 29.5 Å². The quantitative estimate of drug-likeness (QED) is 0.735. The van der Waals surface area contributed by atoms with Crippen molar-refractivity contribution in [2.45, 2.75) is 40.0 Å². The molecule has 1 heterocycles. The molecule has 2 aromatic rings. The summed E-state index contributed by atoms with van der Waals surface area (Å²) in [5, 5.41) is 12.7. The van der Waals surface area contributed by atoms with Crippen LogP contribution in [0.25, 0.3) is 0 Å². The molecule has 0 radical (unpaired) electrons. The van der Waals surface area contributed by atoms with E-state index in [1.54, 1.807) is 0 Å². The highest BCUT2D eigenvalue weighted by Crippen LogP contribution is 2.43. The molecule has 29 heavy (non-hydrogen) atoms. The molecule has 1 aromatic carbocycles. The number of anilines is 1. The fraction of sp³-hybridized carbons (Fsp3) is 0.409. The zero-order chi connectivity index (χ0) is 21.2. The van der Waals surface area contributed by atoms with Crippen LogP contribution in [0, 0.1) is 28.5 Å². The number of carbonyl (C=O) groups excluding carboxylic acids is 2. The zero-order valence-corrected chi connectivity index (χ0v) is 17.5. The average molecular weight is 415 g/mol. The van der Waals surface area contributed by atoms with Crippen molar-refractivity contribution in [2.24, 2.45) is 11.3 Å². The molecule has 1 aromatic heterocycles. The lowest BCUT2D eigenvalue weighted by molar-refractivity contribution is -0.119. The molecule has 0 fully saturated rings. The van der Waals surface area contributed by atoms with Crippen LogP contribution in [0.4, 0.5) is 9.39 Å². The summed E-state index contributed by atoms with van der Waals surface area (Å²) in [4.78, 5) is 25.3. The van der Waals surface area contributed by atoms with Gasteiger partial charge in [0.15, 0.2) is 6.61 Å². The standard InChI is InChI=1S/C22H23FN2O3S/c1-22(2,3)13-8-9-14-16(11-24)20(29-18(14)10-13)25-19(26)12-28-21(27)15-6-4-5-7-17(15)23/h4-7,13H,8-10,12H2,1-3H3,(H,25,26). The largest absolute Gasteiger partial charge is 0.452 e. The third kappa shape index (κ3) is 4.65. The van der Waals surface area contributed by atoms with E-state index in [0.717, 1.165) is 35.8 Å². The van der Waals surface area contributed by atoms with E-state index in [9.17, 15) is 19.2 Å². The van der Waals surface area contributed by atoms with Crippen LogP contribution >= 0.6 is 11.3 Å². The normalized spacial score (nSPS) is 15.9. The molecule has 0 bridgehead atoms. The van der Waals surface area contributed by atoms with Crippen LogP contribution in [0.2, 0.25) is 0 Å². The highest BCUT2D eigenvalue weighted by Gasteiger charge is 2.32. The number of halogens is 1. The van der Waals surface area contributed by atoms with Crippen LogP contribution in [-0.4, -0.2) is 18.5 Å². The Hall–Kier alpha value is -2.72. The van der Waals surface area contributed by atoms with Crippen molar-refractivity contribution in [2.75, 3.05) is 11.9 Å². The number of nitriles is 1. The number of hydrogen-bond acceptors (Lipinski definition) is 5. The summed E-state index contributed by atoms with van der Waals surface area (Å²) in [6.45, 7) is 6.10. The topological polar surface area (TPSA) is 79.2 Å². The number of ether oxygens (including phenoxy) is 1. The van der Waals surface area contributed by atoms with Gasteiger partial charge >= 0.3 is 5.97 Å². The van der Waals surface area contributed by atoms with Gasteiger partial charge in [-0.2, -0.15) is 5.26 Å². The second kappa shape index (κ2) is 8.34. The fourth-order valence-corrected chi connectivity index (χ4v) is 4.82. The summed E-state index contributed by atoms with van der Waals surface area (Å²) in [5.74, 6) is -1.65. The molecule has 1 N–H and O–H groups in total. The van der Waals surface area contributed by atoms with Gasteiger partial charge in [0, 0.05) is 4.88 Å². The molecule has 0 saturated heterocycles. The van der Waals surface area contributed by atoms with Gasteiger partial charge in [0.05, 0.1) is 11.1 Å². The Morgan fingerprint density at radius 2 is 2.07 bits per heavy atom. The van der Waals surface area contributed by atoms with Gasteiger partial charge in [-0.1, -0.05) is 32.9 Å². The molecule has 1 aliphatic carbocycles. The third-order valence-electron chi connectivity index (χ3n) is 5.28. The van der Waals surface area contributed by atoms with Gasteiger partial charge in [-0.05, 0) is 48.3 Å². The number of esters is 1. The first-order valence-corrected chi connectivity index (χ1v) is 10.3. The molecule has 0 aliphatic heterocycles. The van der Waals surface area contributed by atoms with Gasteiger partial charge in [0.1, 0.15) is 16.9 Å². The third-order valence-corrected chi connectivity index (χ3v) is 6.45. The van der Waals surface area contributed by atoms with Gasteiger partial charge < -0.3 is 10.1 Å². The van der Waals surface area contributed by atoms with E-state index in [1.807, 2.05) is 0 Å². The predicted molar refractivity (Wildman–Crippen MR) is 109 cm³/mol. The second-order valence-electron chi connectivity index (χ2n) is 8.23. The number of hydrogen-bond donors (Lipinski definition) is 1. The molecule has 5 nitrogen and oxygen atoms in total. The van der Waals surface area contributed by atoms with Crippen LogP contribution in [0.1, 0.15) is 53.6 Å². The fourth-order valence-electron chi connectivity index (χ4n) is 3.53. The maximum Gasteiger partial charge on any atom is 0.341 e. The van der Waals surface area contributed by atoms with Crippen LogP contribution < -0.4 is 5.32 Å². The summed E-state index contributed by atoms with van der Waals surface area (Å²) in [7, 11) is 0. The van der Waals surface area contributed by atoms with Crippen LogP contribution in [0.3, 0.4) is 0 Å². The van der Waals surface area contributed by atoms with E-state index in [4.69, 9.17) is 4.74 Å². The first-order valence-electron chi connectivity index (χ1n) is 9.47. The van der Waals surface area contributed by atoms with Crippen molar-refractivity contribution in [3.63, 3.8) is 0 Å². The van der Waals surface area contributed by atoms with Gasteiger partial charge in [0.25, 0.3) is 5.91 Å². The molecule has 0 spiro atoms. The van der Waals surface area contributed by atoms with Gasteiger partial charge in [-0.3, -0.25) is 4.79 Å². The number of nitrogens with zero attached hydrogens (tertiary/aromatic N) is 1. The minimum absolute atomic E-state index is 0.179. The Labute approximate surface area is 173 Å². The minimum atomic E-state index is -0.905. The number of fused-ring (bicyclic) bond motifs is 1. The summed E-state index contributed by atoms with van der Waals surface area (Å²) in [6.07, 6.45) is 2.71. The van der Waals surface area contributed by atoms with Crippen LogP contribution in [0.15, 0.2) is 24.3 Å². The Morgan fingerprint density at radius 3 is 2.72 bits per heavy atom. The van der Waals surface area contributed by atoms with E-state index in [-0.39, 0.29) is 11.0 Å². The molecular weight excluding hydrogens is 391 g/mol. The Morgan fingerprint density at radius 1 is 1.34 bits per heavy atom. The lowest BCUT2D eigenvalue weighted by Crippen LogP contribution is -2.26. The van der Waals surface area contributed by atoms with Crippen molar-refractivity contribution in [3.05, 3.63) is 51.7 Å². The molecule has 1 unspecified atom stereocenters. The average Bonchev–Trinajstić information content (AvgIpc) is 3.01. The van der Waals surface area contributed by atoms with E-state index >= 15 is 0 Å². The summed E-state index contributed by atoms with van der Waals surface area (Å²) < 4.78 is 18.5. The van der Waals surface area contributed by atoms with Crippen molar-refractivity contribution >= 4 is 28.2 Å². The Bertz CT molecular complexity index is 985. The summed E-state index contributed by atoms with van der Waals surface area (Å²) in [5.41, 5.74) is 1.46. The first-order chi connectivity index (χ1) is 13.7. The Kier molecular flexibility index (Phi) is 6.04. The van der Waals surface area contributed by atoms with Gasteiger partial charge in [0.2, 0.25) is 0 Å². The van der Waals surface area contributed by atoms with Crippen LogP contribution in [-0.2, 0) is 22.4 Å². The number of amides is 1. The summed E-state index contributed by atoms with van der Waals surface area (Å²) >= 11 is 1.41. The van der Waals surface area contributed by atoms with E-state index in [2.05, 4.69) is 32.2 Å². The monoisotopic (exact) mass is 414 g/mol. The molecular formula is C22H23FN2O3S. The smallest absolute Gasteiger partial charge is 0.341 e. The lowest BCUT2D eigenvalue weighted by atomic mass is 9.72. The highest BCUT2D eigenvalue weighted by molar-refractivity contribution is 7.16. The lowest BCUT2D eigenvalue weighted by Gasteiger charge is -2.33. The maximum absolute atomic E-state index is 13.6. The molecule has 1 amide bonds. The zero-order valence-electron chi connectivity index (χ0n) is 16.7. The van der Waals surface area contributed by atoms with E-state index < -0.39 is 24.3 Å². The van der Waals surface area contributed by atoms with Crippen molar-refractivity contribution in [1.29, 1.82) is 5.26 Å². The summed E-state index contributed by atoms with van der Waals surface area (Å²) in [6, 6.07) is 7.62. The Balaban J connectivity index is 1.67. The van der Waals surface area contributed by atoms with Gasteiger partial charge in [-0.25, -0.2) is 9.18 Å². The molecule has 3 rings (SSSR count). The second-order valence-corrected chi connectivity index (χ2v) is 9.33. The molecule has 152 valence electrons. The SMILES string of the molecule is CC(C)(C)C1CCc2c(sc(NC(=O)COC(=O)c3ccccc3F)c2C#N)C1. The van der Waals surface area contributed by atoms with Crippen molar-refractivity contribution in [1.82, 2.24) is 0 Å². The highest BCUT2D eigenvalue weighted by atomic mass is 32.1. The molecule has 7 heteroatoms. The van der Waals surface area contributed by atoms with Gasteiger partial charge in [-0.15, -0.1) is 11.3 Å². The molecule has 1 aliphatic rings. The van der Waals surface area contributed by atoms with Crippen LogP contribution in [0.5, 0.6) is 0 Å². The first kappa shape index (κ1) is 21.0. The number of thiophene rings is 1. The molecule has 0 saturated carbocycles. The molecule has 1 atom stereocenters. The predicted octanol–water partition coefficient (Wildman–Crippen LogP) is 4.71. The number of nitrogens with one attached hydrogen (secondary N) is 1. The minimum Gasteiger partial charge on any atom is -0.452 e. The van der Waals surface area contributed by atoms with E-state index in [0.29, 0.717) is 16.5 Å². The number of benzene rings is 1.